The number of likely N-dealkylation sites (tertiary alicyclic amines) is 1. The van der Waals surface area contributed by atoms with E-state index in [-0.39, 0.29) is 11.9 Å². The van der Waals surface area contributed by atoms with Crippen LogP contribution in [0.4, 0.5) is 11.6 Å². The van der Waals surface area contributed by atoms with Gasteiger partial charge in [-0.2, -0.15) is 5.10 Å². The van der Waals surface area contributed by atoms with Gasteiger partial charge in [-0.25, -0.2) is 9.97 Å². The Balaban J connectivity index is 1.47. The maximum Gasteiger partial charge on any atom is 0.269 e. The molecule has 1 saturated heterocycles. The highest BCUT2D eigenvalue weighted by Gasteiger charge is 2.20. The van der Waals surface area contributed by atoms with Crippen molar-refractivity contribution in [1.82, 2.24) is 30.0 Å². The number of hydrogen-bond donors (Lipinski definition) is 2. The van der Waals surface area contributed by atoms with Crippen LogP contribution in [0.3, 0.4) is 0 Å². The van der Waals surface area contributed by atoms with Gasteiger partial charge >= 0.3 is 0 Å². The van der Waals surface area contributed by atoms with Crippen molar-refractivity contribution in [2.24, 2.45) is 7.05 Å². The summed E-state index contributed by atoms with van der Waals surface area (Å²) >= 11 is 0. The summed E-state index contributed by atoms with van der Waals surface area (Å²) in [5, 5.41) is 10.8. The highest BCUT2D eigenvalue weighted by Crippen LogP contribution is 2.27. The summed E-state index contributed by atoms with van der Waals surface area (Å²) in [5.74, 6) is 1.54. The number of ether oxygens (including phenoxy) is 2. The van der Waals surface area contributed by atoms with E-state index in [0.717, 1.165) is 25.3 Å². The van der Waals surface area contributed by atoms with E-state index < -0.39 is 0 Å². The fraction of sp³-hybridized carbons (Fsp3) is 0.417. The Morgan fingerprint density at radius 2 is 1.79 bits per heavy atom. The Morgan fingerprint density at radius 1 is 1.09 bits per heavy atom. The second kappa shape index (κ2) is 10.5. The Kier molecular flexibility index (Phi) is 7.27. The number of benzene rings is 1. The van der Waals surface area contributed by atoms with Crippen molar-refractivity contribution in [3.8, 4) is 22.9 Å². The minimum absolute atomic E-state index is 0.0543. The van der Waals surface area contributed by atoms with Gasteiger partial charge in [0.1, 0.15) is 22.9 Å². The molecule has 2 N–H and O–H groups in total. The van der Waals surface area contributed by atoms with Crippen molar-refractivity contribution < 1.29 is 14.3 Å². The van der Waals surface area contributed by atoms with Crippen molar-refractivity contribution in [1.29, 1.82) is 0 Å². The number of aromatic nitrogens is 4. The summed E-state index contributed by atoms with van der Waals surface area (Å²) in [6, 6.07) is 9.00. The zero-order valence-electron chi connectivity index (χ0n) is 20.0. The summed E-state index contributed by atoms with van der Waals surface area (Å²) in [4.78, 5) is 24.1. The number of rotatable bonds is 9. The molecular weight excluding hydrogens is 434 g/mol. The molecule has 0 spiro atoms. The van der Waals surface area contributed by atoms with Crippen LogP contribution in [0.15, 0.2) is 36.5 Å². The maximum atomic E-state index is 12.9. The minimum Gasteiger partial charge on any atom is -0.497 e. The SMILES string of the molecule is COc1cc(Nc2nccc(-c3cc(C(=O)N[C@@H](C)CN4CCCC4)n(C)n3)n2)cc(OC)c1. The van der Waals surface area contributed by atoms with E-state index in [1.807, 2.05) is 19.1 Å². The number of hydrogen-bond acceptors (Lipinski definition) is 8. The fourth-order valence-corrected chi connectivity index (χ4v) is 4.07. The lowest BCUT2D eigenvalue weighted by Gasteiger charge is -2.21. The Labute approximate surface area is 199 Å². The normalized spacial score (nSPS) is 14.6. The van der Waals surface area contributed by atoms with E-state index in [2.05, 4.69) is 30.6 Å². The minimum atomic E-state index is -0.149. The van der Waals surface area contributed by atoms with Gasteiger partial charge < -0.3 is 25.0 Å². The average molecular weight is 466 g/mol. The van der Waals surface area contributed by atoms with Gasteiger partial charge in [0, 0.05) is 49.7 Å². The van der Waals surface area contributed by atoms with Crippen molar-refractivity contribution in [3.63, 3.8) is 0 Å². The molecule has 3 heterocycles. The van der Waals surface area contributed by atoms with Crippen LogP contribution < -0.4 is 20.1 Å². The van der Waals surface area contributed by atoms with Gasteiger partial charge in [0.05, 0.1) is 19.9 Å². The number of anilines is 2. The molecule has 10 nitrogen and oxygen atoms in total. The lowest BCUT2D eigenvalue weighted by Crippen LogP contribution is -2.41. The average Bonchev–Trinajstić information content (AvgIpc) is 3.48. The van der Waals surface area contributed by atoms with Gasteiger partial charge in [-0.15, -0.1) is 0 Å². The maximum absolute atomic E-state index is 12.9. The summed E-state index contributed by atoms with van der Waals surface area (Å²) in [6.07, 6.45) is 4.11. The van der Waals surface area contributed by atoms with E-state index in [4.69, 9.17) is 9.47 Å². The molecule has 0 aliphatic carbocycles. The van der Waals surface area contributed by atoms with Crippen LogP contribution >= 0.6 is 0 Å². The third-order valence-electron chi connectivity index (χ3n) is 5.75. The molecule has 0 unspecified atom stereocenters. The number of carbonyl (C=O) groups is 1. The molecule has 0 radical (unpaired) electrons. The van der Waals surface area contributed by atoms with Crippen molar-refractivity contribution >= 4 is 17.5 Å². The van der Waals surface area contributed by atoms with Crippen molar-refractivity contribution in [2.75, 3.05) is 39.2 Å². The molecule has 34 heavy (non-hydrogen) atoms. The zero-order valence-corrected chi connectivity index (χ0v) is 20.0. The molecule has 1 fully saturated rings. The predicted octanol–water partition coefficient (Wildman–Crippen LogP) is 2.85. The topological polar surface area (TPSA) is 106 Å². The first-order valence-electron chi connectivity index (χ1n) is 11.4. The van der Waals surface area contributed by atoms with Gasteiger partial charge in [0.25, 0.3) is 5.91 Å². The summed E-state index contributed by atoms with van der Waals surface area (Å²) < 4.78 is 12.2. The summed E-state index contributed by atoms with van der Waals surface area (Å²) in [7, 11) is 4.95. The van der Waals surface area contributed by atoms with Crippen molar-refractivity contribution in [2.45, 2.75) is 25.8 Å². The number of nitrogens with one attached hydrogen (secondary N) is 2. The molecule has 3 aromatic rings. The Morgan fingerprint density at radius 3 is 2.47 bits per heavy atom. The second-order valence-electron chi connectivity index (χ2n) is 8.41. The van der Waals surface area contributed by atoms with Crippen LogP contribution in [0.2, 0.25) is 0 Å². The van der Waals surface area contributed by atoms with E-state index >= 15 is 0 Å². The first-order chi connectivity index (χ1) is 16.4. The smallest absolute Gasteiger partial charge is 0.269 e. The largest absolute Gasteiger partial charge is 0.497 e. The molecule has 0 saturated carbocycles. The standard InChI is InChI=1S/C24H31N7O3/c1-16(15-31-9-5-6-10-31)26-23(32)22-14-21(29-30(22)2)20-7-8-25-24(28-20)27-17-11-18(33-3)13-19(12-17)34-4/h7-8,11-14,16H,5-6,9-10,15H2,1-4H3,(H,26,32)(H,25,27,28)/t16-/m0/s1. The van der Waals surface area contributed by atoms with Crippen LogP contribution in [-0.4, -0.2) is 70.5 Å². The molecule has 1 amide bonds. The van der Waals surface area contributed by atoms with Crippen LogP contribution in [0.1, 0.15) is 30.3 Å². The molecule has 4 rings (SSSR count). The third-order valence-corrected chi connectivity index (χ3v) is 5.75. The molecule has 2 aromatic heterocycles. The number of aryl methyl sites for hydroxylation is 1. The molecular formula is C24H31N7O3. The lowest BCUT2D eigenvalue weighted by molar-refractivity contribution is 0.0922. The number of nitrogens with zero attached hydrogens (tertiary/aromatic N) is 5. The highest BCUT2D eigenvalue weighted by molar-refractivity contribution is 5.93. The number of carbonyl (C=O) groups excluding carboxylic acids is 1. The second-order valence-corrected chi connectivity index (χ2v) is 8.41. The quantitative estimate of drug-likeness (QED) is 0.497. The monoisotopic (exact) mass is 465 g/mol. The third kappa shape index (κ3) is 5.63. The van der Waals surface area contributed by atoms with Gasteiger partial charge in [0.15, 0.2) is 0 Å². The number of amides is 1. The lowest BCUT2D eigenvalue weighted by atomic mass is 10.2. The molecule has 10 heteroatoms. The molecule has 180 valence electrons. The first kappa shape index (κ1) is 23.5. The van der Waals surface area contributed by atoms with Gasteiger partial charge in [0.2, 0.25) is 5.95 Å². The van der Waals surface area contributed by atoms with Crippen LogP contribution in [-0.2, 0) is 7.05 Å². The Hall–Kier alpha value is -3.66. The number of methoxy groups -OCH3 is 2. The van der Waals surface area contributed by atoms with Gasteiger partial charge in [-0.1, -0.05) is 0 Å². The van der Waals surface area contributed by atoms with Crippen LogP contribution in [0.25, 0.3) is 11.4 Å². The molecule has 1 aliphatic rings. The van der Waals surface area contributed by atoms with E-state index in [9.17, 15) is 4.79 Å². The van der Waals surface area contributed by atoms with Crippen LogP contribution in [0, 0.1) is 0 Å². The van der Waals surface area contributed by atoms with Gasteiger partial charge in [-0.05, 0) is 45.0 Å². The fourth-order valence-electron chi connectivity index (χ4n) is 4.07. The van der Waals surface area contributed by atoms with Crippen molar-refractivity contribution in [3.05, 3.63) is 42.2 Å². The van der Waals surface area contributed by atoms with Gasteiger partial charge in [-0.3, -0.25) is 9.48 Å². The van der Waals surface area contributed by atoms with E-state index in [0.29, 0.717) is 34.5 Å². The summed E-state index contributed by atoms with van der Waals surface area (Å²) in [5.41, 5.74) is 2.40. The zero-order chi connectivity index (χ0) is 24.1. The highest BCUT2D eigenvalue weighted by atomic mass is 16.5. The summed E-state index contributed by atoms with van der Waals surface area (Å²) in [6.45, 7) is 5.08. The molecule has 0 bridgehead atoms. The predicted molar refractivity (Wildman–Crippen MR) is 130 cm³/mol. The first-order valence-corrected chi connectivity index (χ1v) is 11.4. The molecule has 1 atom stereocenters. The van der Waals surface area contributed by atoms with Crippen LogP contribution in [0.5, 0.6) is 11.5 Å². The molecule has 1 aliphatic heterocycles. The Bertz CT molecular complexity index is 1120. The van der Waals surface area contributed by atoms with E-state index in [1.54, 1.807) is 50.3 Å². The van der Waals surface area contributed by atoms with E-state index in [1.165, 1.54) is 12.8 Å². The molecule has 1 aromatic carbocycles.